The molecular formula is C26H21BrCl2N2O3. The second-order valence-electron chi connectivity index (χ2n) is 7.49. The highest BCUT2D eigenvalue weighted by Crippen LogP contribution is 2.36. The number of carbonyl (C=O) groups is 1. The molecule has 8 heteroatoms. The van der Waals surface area contributed by atoms with Crippen LogP contribution < -0.4 is 14.8 Å². The summed E-state index contributed by atoms with van der Waals surface area (Å²) in [6.45, 7) is 4.03. The van der Waals surface area contributed by atoms with Gasteiger partial charge in [-0.15, -0.1) is 0 Å². The number of anilines is 1. The second-order valence-corrected chi connectivity index (χ2v) is 9.19. The molecule has 174 valence electrons. The Kier molecular flexibility index (Phi) is 8.62. The molecule has 0 aliphatic carbocycles. The first-order valence-corrected chi connectivity index (χ1v) is 11.7. The molecule has 3 aromatic carbocycles. The van der Waals surface area contributed by atoms with Crippen LogP contribution in [0.4, 0.5) is 5.69 Å². The number of nitrogens with one attached hydrogen (secondary N) is 1. The van der Waals surface area contributed by atoms with Crippen LogP contribution in [0.1, 0.15) is 22.3 Å². The summed E-state index contributed by atoms with van der Waals surface area (Å²) in [7, 11) is 1.51. The minimum absolute atomic E-state index is 0.0507. The van der Waals surface area contributed by atoms with Crippen molar-refractivity contribution in [2.24, 2.45) is 0 Å². The molecule has 34 heavy (non-hydrogen) atoms. The highest BCUT2D eigenvalue weighted by molar-refractivity contribution is 9.10. The number of amides is 1. The van der Waals surface area contributed by atoms with Gasteiger partial charge in [0, 0.05) is 25.8 Å². The topological polar surface area (TPSA) is 71.3 Å². The number of nitrogens with zero attached hydrogens (tertiary/aromatic N) is 1. The van der Waals surface area contributed by atoms with E-state index in [2.05, 4.69) is 21.2 Å². The van der Waals surface area contributed by atoms with Gasteiger partial charge in [-0.1, -0.05) is 57.3 Å². The van der Waals surface area contributed by atoms with Crippen molar-refractivity contribution in [3.63, 3.8) is 0 Å². The van der Waals surface area contributed by atoms with Gasteiger partial charge in [-0.05, 0) is 66.9 Å². The number of hydrogen-bond donors (Lipinski definition) is 1. The molecule has 0 unspecified atom stereocenters. The minimum atomic E-state index is -0.500. The van der Waals surface area contributed by atoms with Gasteiger partial charge in [-0.25, -0.2) is 0 Å². The van der Waals surface area contributed by atoms with Crippen LogP contribution >= 0.6 is 39.1 Å². The van der Waals surface area contributed by atoms with E-state index in [0.717, 1.165) is 16.7 Å². The summed E-state index contributed by atoms with van der Waals surface area (Å²) < 4.78 is 12.0. The first-order valence-electron chi connectivity index (χ1n) is 10.2. The van der Waals surface area contributed by atoms with Crippen molar-refractivity contribution in [3.8, 4) is 17.6 Å². The zero-order chi connectivity index (χ0) is 24.8. The van der Waals surface area contributed by atoms with Crippen LogP contribution in [0.2, 0.25) is 10.0 Å². The highest BCUT2D eigenvalue weighted by atomic mass is 79.9. The Balaban J connectivity index is 1.84. The number of aryl methyl sites for hydroxylation is 2. The van der Waals surface area contributed by atoms with Gasteiger partial charge in [-0.2, -0.15) is 5.26 Å². The summed E-state index contributed by atoms with van der Waals surface area (Å²) in [6, 6.07) is 16.3. The Hall–Kier alpha value is -2.98. The molecule has 0 radical (unpaired) electrons. The van der Waals surface area contributed by atoms with Gasteiger partial charge >= 0.3 is 0 Å². The average molecular weight is 560 g/mol. The van der Waals surface area contributed by atoms with Crippen LogP contribution in [-0.4, -0.2) is 13.0 Å². The molecule has 3 rings (SSSR count). The van der Waals surface area contributed by atoms with Gasteiger partial charge in [0.2, 0.25) is 0 Å². The van der Waals surface area contributed by atoms with E-state index < -0.39 is 5.91 Å². The van der Waals surface area contributed by atoms with Gasteiger partial charge in [-0.3, -0.25) is 4.79 Å². The molecule has 0 bridgehead atoms. The Morgan fingerprint density at radius 2 is 1.88 bits per heavy atom. The van der Waals surface area contributed by atoms with E-state index in [1.165, 1.54) is 13.2 Å². The summed E-state index contributed by atoms with van der Waals surface area (Å²) in [5.41, 5.74) is 3.87. The van der Waals surface area contributed by atoms with Gasteiger partial charge in [0.05, 0.1) is 7.11 Å². The average Bonchev–Trinajstić information content (AvgIpc) is 2.80. The Labute approximate surface area is 217 Å². The number of carbonyl (C=O) groups excluding carboxylic acids is 1. The first-order chi connectivity index (χ1) is 16.2. The first kappa shape index (κ1) is 25.6. The zero-order valence-corrected chi connectivity index (χ0v) is 21.8. The number of methoxy groups -OCH3 is 1. The molecule has 0 aromatic heterocycles. The lowest BCUT2D eigenvalue weighted by molar-refractivity contribution is -0.112. The van der Waals surface area contributed by atoms with E-state index in [0.29, 0.717) is 37.3 Å². The van der Waals surface area contributed by atoms with Gasteiger partial charge in [0.25, 0.3) is 5.91 Å². The van der Waals surface area contributed by atoms with Gasteiger partial charge < -0.3 is 14.8 Å². The summed E-state index contributed by atoms with van der Waals surface area (Å²) in [6.07, 6.45) is 1.49. The molecular weight excluding hydrogens is 539 g/mol. The molecule has 0 spiro atoms. The van der Waals surface area contributed by atoms with Gasteiger partial charge in [0.1, 0.15) is 18.2 Å². The van der Waals surface area contributed by atoms with Crippen LogP contribution in [0.3, 0.4) is 0 Å². The maximum atomic E-state index is 12.8. The molecule has 1 N–H and O–H groups in total. The Morgan fingerprint density at radius 3 is 2.56 bits per heavy atom. The van der Waals surface area contributed by atoms with Crippen molar-refractivity contribution in [3.05, 3.63) is 90.9 Å². The van der Waals surface area contributed by atoms with E-state index in [4.69, 9.17) is 32.7 Å². The second kappa shape index (κ2) is 11.4. The molecule has 3 aromatic rings. The molecule has 1 amide bonds. The normalized spacial score (nSPS) is 11.0. The monoisotopic (exact) mass is 558 g/mol. The van der Waals surface area contributed by atoms with Crippen LogP contribution in [0.15, 0.2) is 58.6 Å². The predicted molar refractivity (Wildman–Crippen MR) is 140 cm³/mol. The van der Waals surface area contributed by atoms with Crippen molar-refractivity contribution in [2.75, 3.05) is 12.4 Å². The van der Waals surface area contributed by atoms with Crippen molar-refractivity contribution in [1.29, 1.82) is 5.26 Å². The summed E-state index contributed by atoms with van der Waals surface area (Å²) in [5, 5.41) is 13.5. The maximum absolute atomic E-state index is 12.8. The molecule has 0 saturated heterocycles. The quantitative estimate of drug-likeness (QED) is 0.240. The number of halogens is 3. The minimum Gasteiger partial charge on any atom is -0.493 e. The van der Waals surface area contributed by atoms with Crippen LogP contribution in [0.25, 0.3) is 6.08 Å². The lowest BCUT2D eigenvalue weighted by atomic mass is 10.1. The Morgan fingerprint density at radius 1 is 1.12 bits per heavy atom. The SMILES string of the molecule is COc1cc(/C=C(\C#N)C(=O)Nc2cc(C)ccc2C)c(Br)cc1OCc1ccc(Cl)cc1Cl. The van der Waals surface area contributed by atoms with E-state index in [-0.39, 0.29) is 12.2 Å². The lowest BCUT2D eigenvalue weighted by Gasteiger charge is -2.14. The molecule has 0 atom stereocenters. The molecule has 0 fully saturated rings. The summed E-state index contributed by atoms with van der Waals surface area (Å²) in [5.74, 6) is 0.405. The van der Waals surface area contributed by atoms with Crippen molar-refractivity contribution in [2.45, 2.75) is 20.5 Å². The van der Waals surface area contributed by atoms with Crippen LogP contribution in [0.5, 0.6) is 11.5 Å². The molecule has 0 heterocycles. The molecule has 5 nitrogen and oxygen atoms in total. The Bertz CT molecular complexity index is 1320. The third kappa shape index (κ3) is 6.32. The lowest BCUT2D eigenvalue weighted by Crippen LogP contribution is -2.14. The standard InChI is InChI=1S/C26H21BrCl2N2O3/c1-15-4-5-16(2)23(8-15)31-26(32)19(13-30)9-18-10-24(33-3)25(12-21(18)27)34-14-17-6-7-20(28)11-22(17)29/h4-12H,14H2,1-3H3,(H,31,32)/b19-9+. The third-order valence-corrected chi connectivity index (χ3v) is 6.26. The third-order valence-electron chi connectivity index (χ3n) is 4.99. The number of rotatable bonds is 7. The van der Waals surface area contributed by atoms with Crippen LogP contribution in [0, 0.1) is 25.2 Å². The molecule has 0 aliphatic heterocycles. The maximum Gasteiger partial charge on any atom is 0.266 e. The zero-order valence-electron chi connectivity index (χ0n) is 18.7. The molecule has 0 saturated carbocycles. The fourth-order valence-corrected chi connectivity index (χ4v) is 3.99. The predicted octanol–water partition coefficient (Wildman–Crippen LogP) is 7.51. The van der Waals surface area contributed by atoms with Crippen molar-refractivity contribution < 1.29 is 14.3 Å². The van der Waals surface area contributed by atoms with E-state index >= 15 is 0 Å². The fraction of sp³-hybridized carbons (Fsp3) is 0.154. The highest BCUT2D eigenvalue weighted by Gasteiger charge is 2.15. The number of nitriles is 1. The number of benzene rings is 3. The van der Waals surface area contributed by atoms with Crippen molar-refractivity contribution in [1.82, 2.24) is 0 Å². The number of hydrogen-bond acceptors (Lipinski definition) is 4. The number of ether oxygens (including phenoxy) is 2. The van der Waals surface area contributed by atoms with Crippen LogP contribution in [-0.2, 0) is 11.4 Å². The van der Waals surface area contributed by atoms with E-state index in [1.807, 2.05) is 38.1 Å². The summed E-state index contributed by atoms with van der Waals surface area (Å²) >= 11 is 15.7. The fourth-order valence-electron chi connectivity index (χ4n) is 3.09. The van der Waals surface area contributed by atoms with Gasteiger partial charge in [0.15, 0.2) is 11.5 Å². The van der Waals surface area contributed by atoms with E-state index in [9.17, 15) is 10.1 Å². The largest absolute Gasteiger partial charge is 0.493 e. The van der Waals surface area contributed by atoms with Crippen molar-refractivity contribution >= 4 is 56.8 Å². The van der Waals surface area contributed by atoms with E-state index in [1.54, 1.807) is 30.3 Å². The molecule has 0 aliphatic rings. The smallest absolute Gasteiger partial charge is 0.266 e. The summed E-state index contributed by atoms with van der Waals surface area (Å²) in [4.78, 5) is 12.8.